The predicted octanol–water partition coefficient (Wildman–Crippen LogP) is 0.345. The Morgan fingerprint density at radius 3 is 2.43 bits per heavy atom. The van der Waals surface area contributed by atoms with Crippen molar-refractivity contribution in [3.8, 4) is 0 Å². The Hall–Kier alpha value is -2.26. The topological polar surface area (TPSA) is 133 Å². The molecular weight excluding hydrogens is 362 g/mol. The maximum Gasteiger partial charge on any atom is 0.290 e. The number of nitrogen functional groups attached to an aromatic ring is 1. The van der Waals surface area contributed by atoms with Crippen LogP contribution in [0, 0.1) is 11.3 Å². The summed E-state index contributed by atoms with van der Waals surface area (Å²) in [4.78, 5) is 33.8. The third-order valence-electron chi connectivity index (χ3n) is 5.92. The second-order valence-corrected chi connectivity index (χ2v) is 8.12. The molecule has 1 atom stereocenters. The van der Waals surface area contributed by atoms with Gasteiger partial charge in [0.1, 0.15) is 0 Å². The molecule has 0 radical (unpaired) electrons. The first-order valence-corrected chi connectivity index (χ1v) is 9.80. The maximum atomic E-state index is 13.1. The number of nitrogens with zero attached hydrogens (tertiary/aromatic N) is 4. The first-order chi connectivity index (χ1) is 13.5. The van der Waals surface area contributed by atoms with Gasteiger partial charge >= 0.3 is 0 Å². The van der Waals surface area contributed by atoms with Crippen molar-refractivity contribution in [1.82, 2.24) is 19.8 Å². The molecule has 9 heteroatoms. The van der Waals surface area contributed by atoms with Crippen LogP contribution in [-0.4, -0.2) is 74.6 Å². The molecule has 4 N–H and O–H groups in total. The lowest BCUT2D eigenvalue weighted by Gasteiger charge is -2.48. The summed E-state index contributed by atoms with van der Waals surface area (Å²) in [5.74, 6) is 1.23. The number of likely N-dealkylation sites (tertiary alicyclic amines) is 2. The summed E-state index contributed by atoms with van der Waals surface area (Å²) in [6.45, 7) is 3.60. The van der Waals surface area contributed by atoms with Gasteiger partial charge in [-0.1, -0.05) is 0 Å². The third-order valence-corrected chi connectivity index (χ3v) is 5.92. The Labute approximate surface area is 164 Å². The number of anilines is 1. The zero-order valence-corrected chi connectivity index (χ0v) is 16.0. The number of aromatic nitrogens is 2. The van der Waals surface area contributed by atoms with E-state index in [9.17, 15) is 9.90 Å². The van der Waals surface area contributed by atoms with Crippen molar-refractivity contribution in [2.75, 3.05) is 31.9 Å². The largest absolute Gasteiger partial charge is 0.483 e. The Kier molecular flexibility index (Phi) is 6.46. The van der Waals surface area contributed by atoms with Crippen LogP contribution in [0.1, 0.15) is 37.7 Å². The molecular formula is C19H29N5O4. The van der Waals surface area contributed by atoms with E-state index in [0.717, 1.165) is 44.6 Å². The van der Waals surface area contributed by atoms with Crippen LogP contribution >= 0.6 is 0 Å². The number of carbonyl (C=O) groups is 2. The van der Waals surface area contributed by atoms with Crippen molar-refractivity contribution >= 4 is 18.3 Å². The van der Waals surface area contributed by atoms with Crippen LogP contribution in [-0.2, 0) is 16.1 Å². The molecule has 9 nitrogen and oxygen atoms in total. The number of nitrogens with two attached hydrogens (primary N) is 1. The normalized spacial score (nSPS) is 24.5. The fourth-order valence-electron chi connectivity index (χ4n) is 4.31. The number of aliphatic hydroxyl groups is 1. The Balaban J connectivity index is 0.000000706. The summed E-state index contributed by atoms with van der Waals surface area (Å²) in [5, 5.41) is 17.2. The monoisotopic (exact) mass is 391 g/mol. The average Bonchev–Trinajstić information content (AvgIpc) is 3.48. The molecule has 2 aliphatic heterocycles. The van der Waals surface area contributed by atoms with E-state index in [-0.39, 0.29) is 23.9 Å². The van der Waals surface area contributed by atoms with Gasteiger partial charge in [-0.3, -0.25) is 14.5 Å². The van der Waals surface area contributed by atoms with Gasteiger partial charge in [0.2, 0.25) is 11.9 Å². The quantitative estimate of drug-likeness (QED) is 0.626. The fraction of sp³-hybridized carbons (Fsp3) is 0.684. The van der Waals surface area contributed by atoms with E-state index in [2.05, 4.69) is 14.9 Å². The molecule has 0 bridgehead atoms. The van der Waals surface area contributed by atoms with Crippen LogP contribution < -0.4 is 5.73 Å². The number of piperidine rings is 2. The van der Waals surface area contributed by atoms with Gasteiger partial charge in [-0.15, -0.1) is 0 Å². The molecule has 3 heterocycles. The zero-order chi connectivity index (χ0) is 20.1. The van der Waals surface area contributed by atoms with Crippen LogP contribution in [0.25, 0.3) is 0 Å². The van der Waals surface area contributed by atoms with Gasteiger partial charge in [-0.25, -0.2) is 9.97 Å². The molecule has 1 unspecified atom stereocenters. The minimum absolute atomic E-state index is 0.250. The van der Waals surface area contributed by atoms with Crippen molar-refractivity contribution in [2.24, 2.45) is 11.3 Å². The highest BCUT2D eigenvalue weighted by atomic mass is 16.3. The summed E-state index contributed by atoms with van der Waals surface area (Å²) in [5.41, 5.74) is 6.21. The average molecular weight is 391 g/mol. The van der Waals surface area contributed by atoms with Gasteiger partial charge in [0.15, 0.2) is 0 Å². The van der Waals surface area contributed by atoms with Gasteiger partial charge in [0.05, 0.1) is 11.5 Å². The summed E-state index contributed by atoms with van der Waals surface area (Å²) in [7, 11) is 0. The van der Waals surface area contributed by atoms with E-state index in [4.69, 9.17) is 15.6 Å². The molecule has 0 aromatic carbocycles. The second-order valence-electron chi connectivity index (χ2n) is 8.12. The van der Waals surface area contributed by atoms with E-state index < -0.39 is 0 Å². The van der Waals surface area contributed by atoms with E-state index in [1.807, 2.05) is 4.90 Å². The second kappa shape index (κ2) is 8.83. The van der Waals surface area contributed by atoms with Crippen LogP contribution in [0.4, 0.5) is 5.95 Å². The van der Waals surface area contributed by atoms with Crippen molar-refractivity contribution < 1.29 is 19.8 Å². The van der Waals surface area contributed by atoms with E-state index in [0.29, 0.717) is 24.8 Å². The van der Waals surface area contributed by atoms with Crippen molar-refractivity contribution in [1.29, 1.82) is 0 Å². The number of amides is 1. The number of hydrogen-bond acceptors (Lipinski definition) is 7. The molecule has 1 aromatic heterocycles. The predicted molar refractivity (Wildman–Crippen MR) is 102 cm³/mol. The SMILES string of the molecule is Nc1ncc(CN2CCC3(CC2)CC(O)CN(CC2CC2)C3=O)cn1.O=CO. The number of carbonyl (C=O) groups excluding carboxylic acids is 1. The third kappa shape index (κ3) is 4.96. The minimum Gasteiger partial charge on any atom is -0.483 e. The lowest BCUT2D eigenvalue weighted by Crippen LogP contribution is -2.57. The first kappa shape index (κ1) is 20.5. The Morgan fingerprint density at radius 2 is 1.86 bits per heavy atom. The first-order valence-electron chi connectivity index (χ1n) is 9.80. The molecule has 1 aromatic rings. The van der Waals surface area contributed by atoms with Crippen molar-refractivity contribution in [3.63, 3.8) is 0 Å². The summed E-state index contributed by atoms with van der Waals surface area (Å²) in [6.07, 6.45) is 7.85. The lowest BCUT2D eigenvalue weighted by atomic mass is 9.70. The zero-order valence-electron chi connectivity index (χ0n) is 16.0. The van der Waals surface area contributed by atoms with E-state index >= 15 is 0 Å². The molecule has 154 valence electrons. The Morgan fingerprint density at radius 1 is 1.25 bits per heavy atom. The molecule has 4 rings (SSSR count). The molecule has 3 fully saturated rings. The van der Waals surface area contributed by atoms with Gasteiger partial charge in [-0.05, 0) is 51.1 Å². The lowest BCUT2D eigenvalue weighted by molar-refractivity contribution is -0.157. The summed E-state index contributed by atoms with van der Waals surface area (Å²) < 4.78 is 0. The molecule has 1 aliphatic carbocycles. The van der Waals surface area contributed by atoms with Gasteiger partial charge < -0.3 is 20.8 Å². The number of aliphatic hydroxyl groups excluding tert-OH is 1. The standard InChI is InChI=1S/C18H27N5O2.CH2O2/c19-17-20-8-14(9-21-17)10-22-5-3-18(4-6-22)7-15(24)12-23(16(18)25)11-13-1-2-13;2-1-3/h8-9,13,15,24H,1-7,10-12H2,(H2,19,20,21);1H,(H,2,3). The van der Waals surface area contributed by atoms with Gasteiger partial charge in [0, 0.05) is 37.6 Å². The number of hydrogen-bond donors (Lipinski definition) is 3. The van der Waals surface area contributed by atoms with Crippen LogP contribution in [0.5, 0.6) is 0 Å². The Bertz CT molecular complexity index is 669. The highest BCUT2D eigenvalue weighted by molar-refractivity contribution is 5.84. The molecule has 1 saturated carbocycles. The highest BCUT2D eigenvalue weighted by Gasteiger charge is 2.49. The van der Waals surface area contributed by atoms with Crippen LogP contribution in [0.15, 0.2) is 12.4 Å². The summed E-state index contributed by atoms with van der Waals surface area (Å²) >= 11 is 0. The molecule has 2 saturated heterocycles. The molecule has 3 aliphatic rings. The van der Waals surface area contributed by atoms with E-state index in [1.54, 1.807) is 12.4 Å². The highest BCUT2D eigenvalue weighted by Crippen LogP contribution is 2.42. The molecule has 28 heavy (non-hydrogen) atoms. The summed E-state index contributed by atoms with van der Waals surface area (Å²) in [6, 6.07) is 0. The number of rotatable bonds is 4. The minimum atomic E-state index is -0.381. The van der Waals surface area contributed by atoms with E-state index in [1.165, 1.54) is 12.8 Å². The smallest absolute Gasteiger partial charge is 0.290 e. The van der Waals surface area contributed by atoms with Crippen LogP contribution in [0.2, 0.25) is 0 Å². The van der Waals surface area contributed by atoms with Crippen molar-refractivity contribution in [3.05, 3.63) is 18.0 Å². The fourth-order valence-corrected chi connectivity index (χ4v) is 4.31. The van der Waals surface area contributed by atoms with Gasteiger partial charge in [-0.2, -0.15) is 0 Å². The molecule has 1 spiro atoms. The van der Waals surface area contributed by atoms with Gasteiger partial charge in [0.25, 0.3) is 6.47 Å². The maximum absolute atomic E-state index is 13.1. The van der Waals surface area contributed by atoms with Crippen molar-refractivity contribution in [2.45, 2.75) is 44.8 Å². The molecule has 1 amide bonds. The number of carboxylic acid groups (broad SMARTS) is 1. The van der Waals surface area contributed by atoms with Crippen LogP contribution in [0.3, 0.4) is 0 Å². The number of β-amino-alcohol motifs (C(OH)–C–C–N with tert-alkyl or cyclic N) is 1.